The second kappa shape index (κ2) is 8.36. The number of carbonyl (C=O) groups is 1. The number of nitrogens with two attached hydrogens (primary N) is 1. The molecule has 7 nitrogen and oxygen atoms in total. The van der Waals surface area contributed by atoms with E-state index in [1.54, 1.807) is 19.1 Å². The van der Waals surface area contributed by atoms with Crippen LogP contribution in [-0.2, 0) is 14.8 Å². The average Bonchev–Trinajstić information content (AvgIpc) is 2.66. The number of hydrogen-bond donors (Lipinski definition) is 3. The first-order valence-corrected chi connectivity index (χ1v) is 10.8. The van der Waals surface area contributed by atoms with E-state index >= 15 is 0 Å². The minimum absolute atomic E-state index is 0.0182. The maximum Gasteiger partial charge on any atom is 0.238 e. The van der Waals surface area contributed by atoms with Crippen molar-refractivity contribution in [1.82, 2.24) is 4.90 Å². The van der Waals surface area contributed by atoms with Gasteiger partial charge in [0.1, 0.15) is 5.75 Å². The summed E-state index contributed by atoms with van der Waals surface area (Å²) in [4.78, 5) is 14.5. The minimum atomic E-state index is -3.85. The van der Waals surface area contributed by atoms with Crippen molar-refractivity contribution >= 4 is 27.2 Å². The third-order valence-corrected chi connectivity index (χ3v) is 6.03. The van der Waals surface area contributed by atoms with Gasteiger partial charge in [-0.15, -0.1) is 0 Å². The van der Waals surface area contributed by atoms with Crippen LogP contribution in [0.25, 0.3) is 5.57 Å². The smallest absolute Gasteiger partial charge is 0.238 e. The minimum Gasteiger partial charge on any atom is -0.508 e. The summed E-state index contributed by atoms with van der Waals surface area (Å²) in [6.07, 6.45) is 2.89. The molecule has 29 heavy (non-hydrogen) atoms. The van der Waals surface area contributed by atoms with Crippen LogP contribution in [0.5, 0.6) is 5.75 Å². The fourth-order valence-electron chi connectivity index (χ4n) is 3.31. The molecule has 0 bridgehead atoms. The van der Waals surface area contributed by atoms with Crippen molar-refractivity contribution in [2.24, 2.45) is 5.14 Å². The molecule has 8 heteroatoms. The predicted octanol–water partition coefficient (Wildman–Crippen LogP) is 2.38. The van der Waals surface area contributed by atoms with Crippen LogP contribution in [-0.4, -0.2) is 44.0 Å². The van der Waals surface area contributed by atoms with Crippen molar-refractivity contribution in [3.8, 4) is 5.75 Å². The Morgan fingerprint density at radius 3 is 2.48 bits per heavy atom. The zero-order valence-electron chi connectivity index (χ0n) is 16.5. The first-order chi connectivity index (χ1) is 13.6. The Kier molecular flexibility index (Phi) is 6.07. The number of rotatable bonds is 5. The maximum absolute atomic E-state index is 12.5. The standard InChI is InChI=1S/C21H25N3O4S/c1-14-11-19(29(22,27)28)12-20(15(14)2)23-21(26)13-24-9-7-17(8-10-24)16-3-5-18(25)6-4-16/h3-7,11-12,25H,8-10,13H2,1-2H3,(H,23,26)(H2,22,27,28). The zero-order valence-corrected chi connectivity index (χ0v) is 17.3. The monoisotopic (exact) mass is 415 g/mol. The Bertz CT molecular complexity index is 1060. The molecule has 1 aliphatic heterocycles. The van der Waals surface area contributed by atoms with Gasteiger partial charge in [0.25, 0.3) is 0 Å². The zero-order chi connectivity index (χ0) is 21.2. The Morgan fingerprint density at radius 2 is 1.90 bits per heavy atom. The molecule has 0 radical (unpaired) electrons. The third-order valence-electron chi connectivity index (χ3n) is 5.14. The second-order valence-electron chi connectivity index (χ2n) is 7.27. The summed E-state index contributed by atoms with van der Waals surface area (Å²) in [6.45, 7) is 5.18. The lowest BCUT2D eigenvalue weighted by Crippen LogP contribution is -2.36. The molecule has 1 amide bonds. The normalized spacial score (nSPS) is 15.1. The van der Waals surface area contributed by atoms with Crippen molar-refractivity contribution in [3.63, 3.8) is 0 Å². The van der Waals surface area contributed by atoms with Gasteiger partial charge >= 0.3 is 0 Å². The van der Waals surface area contributed by atoms with Crippen LogP contribution >= 0.6 is 0 Å². The highest BCUT2D eigenvalue weighted by atomic mass is 32.2. The number of sulfonamides is 1. The van der Waals surface area contributed by atoms with E-state index in [-0.39, 0.29) is 23.1 Å². The number of hydrogen-bond acceptors (Lipinski definition) is 5. The molecule has 0 atom stereocenters. The number of benzene rings is 2. The van der Waals surface area contributed by atoms with E-state index in [4.69, 9.17) is 5.14 Å². The quantitative estimate of drug-likeness (QED) is 0.694. The van der Waals surface area contributed by atoms with Gasteiger partial charge in [0, 0.05) is 18.8 Å². The van der Waals surface area contributed by atoms with Gasteiger partial charge in [0.2, 0.25) is 15.9 Å². The number of carbonyl (C=O) groups excluding carboxylic acids is 1. The van der Waals surface area contributed by atoms with Crippen LogP contribution in [0.15, 0.2) is 47.4 Å². The van der Waals surface area contributed by atoms with Crippen molar-refractivity contribution in [1.29, 1.82) is 0 Å². The summed E-state index contributed by atoms with van der Waals surface area (Å²) in [5, 5.41) is 17.4. The number of phenols is 1. The number of nitrogens with one attached hydrogen (secondary N) is 1. The molecule has 0 saturated carbocycles. The molecule has 2 aromatic rings. The molecule has 0 spiro atoms. The highest BCUT2D eigenvalue weighted by Crippen LogP contribution is 2.25. The molecule has 0 aromatic heterocycles. The number of anilines is 1. The number of aromatic hydroxyl groups is 1. The van der Waals surface area contributed by atoms with Crippen molar-refractivity contribution in [3.05, 3.63) is 59.2 Å². The summed E-state index contributed by atoms with van der Waals surface area (Å²) in [5.41, 5.74) is 4.26. The molecule has 4 N–H and O–H groups in total. The van der Waals surface area contributed by atoms with E-state index in [9.17, 15) is 18.3 Å². The van der Waals surface area contributed by atoms with Crippen molar-refractivity contribution in [2.75, 3.05) is 25.0 Å². The van der Waals surface area contributed by atoms with E-state index in [0.717, 1.165) is 29.7 Å². The molecular formula is C21H25N3O4S. The summed E-state index contributed by atoms with van der Waals surface area (Å²) in [7, 11) is -3.85. The molecule has 0 saturated heterocycles. The Balaban J connectivity index is 1.65. The topological polar surface area (TPSA) is 113 Å². The first kappa shape index (κ1) is 21.0. The van der Waals surface area contributed by atoms with Crippen molar-refractivity contribution < 1.29 is 18.3 Å². The van der Waals surface area contributed by atoms with E-state index in [1.165, 1.54) is 17.7 Å². The van der Waals surface area contributed by atoms with Gasteiger partial charge < -0.3 is 10.4 Å². The molecule has 1 heterocycles. The highest BCUT2D eigenvalue weighted by molar-refractivity contribution is 7.89. The van der Waals surface area contributed by atoms with Crippen LogP contribution in [0.2, 0.25) is 0 Å². The largest absolute Gasteiger partial charge is 0.508 e. The molecule has 0 unspecified atom stereocenters. The summed E-state index contributed by atoms with van der Waals surface area (Å²) < 4.78 is 23.3. The van der Waals surface area contributed by atoms with Gasteiger partial charge in [-0.1, -0.05) is 18.2 Å². The lowest BCUT2D eigenvalue weighted by Gasteiger charge is -2.26. The van der Waals surface area contributed by atoms with Gasteiger partial charge in [0.05, 0.1) is 11.4 Å². The summed E-state index contributed by atoms with van der Waals surface area (Å²) >= 11 is 0. The van der Waals surface area contributed by atoms with Crippen molar-refractivity contribution in [2.45, 2.75) is 25.2 Å². The SMILES string of the molecule is Cc1cc(S(N)(=O)=O)cc(NC(=O)CN2CC=C(c3ccc(O)cc3)CC2)c1C. The number of primary sulfonamides is 1. The van der Waals surface area contributed by atoms with Gasteiger partial charge in [0.15, 0.2) is 0 Å². The molecule has 0 fully saturated rings. The van der Waals surface area contributed by atoms with E-state index in [1.807, 2.05) is 24.0 Å². The summed E-state index contributed by atoms with van der Waals surface area (Å²) in [5.74, 6) is 0.0287. The van der Waals surface area contributed by atoms with Crippen LogP contribution in [0.1, 0.15) is 23.1 Å². The highest BCUT2D eigenvalue weighted by Gasteiger charge is 2.18. The lowest BCUT2D eigenvalue weighted by molar-refractivity contribution is -0.117. The lowest BCUT2D eigenvalue weighted by atomic mass is 9.99. The van der Waals surface area contributed by atoms with E-state index < -0.39 is 10.0 Å². The van der Waals surface area contributed by atoms with Gasteiger partial charge in [-0.25, -0.2) is 13.6 Å². The predicted molar refractivity (Wildman–Crippen MR) is 113 cm³/mol. The Hall–Kier alpha value is -2.68. The first-order valence-electron chi connectivity index (χ1n) is 9.28. The third kappa shape index (κ3) is 5.23. The van der Waals surface area contributed by atoms with Gasteiger partial charge in [-0.2, -0.15) is 0 Å². The average molecular weight is 416 g/mol. The maximum atomic E-state index is 12.5. The van der Waals surface area contributed by atoms with E-state index in [2.05, 4.69) is 11.4 Å². The number of phenolic OH excluding ortho intramolecular Hbond substituents is 1. The Labute approximate surface area is 170 Å². The summed E-state index contributed by atoms with van der Waals surface area (Å²) in [6, 6.07) is 9.99. The second-order valence-corrected chi connectivity index (χ2v) is 8.83. The molecule has 154 valence electrons. The fraction of sp³-hybridized carbons (Fsp3) is 0.286. The van der Waals surface area contributed by atoms with Crippen LogP contribution in [0.4, 0.5) is 5.69 Å². The molecule has 1 aliphatic rings. The van der Waals surface area contributed by atoms with Crippen LogP contribution in [0, 0.1) is 13.8 Å². The van der Waals surface area contributed by atoms with Crippen LogP contribution in [0.3, 0.4) is 0 Å². The molecule has 0 aliphatic carbocycles. The Morgan fingerprint density at radius 1 is 1.21 bits per heavy atom. The van der Waals surface area contributed by atoms with Crippen LogP contribution < -0.4 is 10.5 Å². The molecule has 2 aromatic carbocycles. The molecule has 3 rings (SSSR count). The van der Waals surface area contributed by atoms with E-state index in [0.29, 0.717) is 12.2 Å². The van der Waals surface area contributed by atoms with Gasteiger partial charge in [-0.3, -0.25) is 9.69 Å². The molecular weight excluding hydrogens is 390 g/mol. The number of nitrogens with zero attached hydrogens (tertiary/aromatic N) is 1. The fourth-order valence-corrected chi connectivity index (χ4v) is 3.93. The number of amides is 1. The van der Waals surface area contributed by atoms with Gasteiger partial charge in [-0.05, 0) is 66.8 Å². The number of aryl methyl sites for hydroxylation is 1.